The average Bonchev–Trinajstić information content (AvgIpc) is 2.25. The van der Waals surface area contributed by atoms with Crippen LogP contribution in [0.1, 0.15) is 39.3 Å². The van der Waals surface area contributed by atoms with Gasteiger partial charge >= 0.3 is 0 Å². The van der Waals surface area contributed by atoms with Crippen molar-refractivity contribution in [2.75, 3.05) is 6.54 Å². The van der Waals surface area contributed by atoms with Crippen LogP contribution >= 0.6 is 0 Å². The monoisotopic (exact) mass is 224 g/mol. The molecule has 1 N–H and O–H groups in total. The van der Waals surface area contributed by atoms with E-state index in [9.17, 15) is 4.39 Å². The van der Waals surface area contributed by atoms with Gasteiger partial charge in [-0.2, -0.15) is 0 Å². The number of halogens is 1. The third-order valence-electron chi connectivity index (χ3n) is 3.11. The van der Waals surface area contributed by atoms with Gasteiger partial charge in [0.15, 0.2) is 0 Å². The number of nitrogens with one attached hydrogen (secondary N) is 1. The number of aromatic nitrogens is 1. The van der Waals surface area contributed by atoms with E-state index in [0.717, 1.165) is 12.1 Å². The van der Waals surface area contributed by atoms with Crippen molar-refractivity contribution in [3.63, 3.8) is 0 Å². The minimum Gasteiger partial charge on any atom is -0.310 e. The van der Waals surface area contributed by atoms with Gasteiger partial charge in [0.25, 0.3) is 0 Å². The van der Waals surface area contributed by atoms with Crippen LogP contribution in [0.2, 0.25) is 0 Å². The molecule has 90 valence electrons. The standard InChI is InChI=1S/C13H21FN2/c1-9(2)10(3)6-16-11(4)12-5-13(14)8-15-7-12/h5,7-11,16H,6H2,1-4H3. The molecule has 1 aromatic heterocycles. The smallest absolute Gasteiger partial charge is 0.141 e. The third kappa shape index (κ3) is 3.89. The SMILES string of the molecule is CC(NCC(C)C(C)C)c1cncc(F)c1. The Balaban J connectivity index is 2.49. The molecular weight excluding hydrogens is 203 g/mol. The van der Waals surface area contributed by atoms with Crippen LogP contribution in [0.5, 0.6) is 0 Å². The van der Waals surface area contributed by atoms with Crippen molar-refractivity contribution in [2.45, 2.75) is 33.7 Å². The van der Waals surface area contributed by atoms with Gasteiger partial charge in [0, 0.05) is 12.2 Å². The topological polar surface area (TPSA) is 24.9 Å². The molecule has 1 heterocycles. The number of hydrogen-bond acceptors (Lipinski definition) is 2. The molecule has 1 aromatic rings. The summed E-state index contributed by atoms with van der Waals surface area (Å²) < 4.78 is 13.0. The van der Waals surface area contributed by atoms with Crippen LogP contribution in [0.25, 0.3) is 0 Å². The molecule has 0 spiro atoms. The highest BCUT2D eigenvalue weighted by Crippen LogP contribution is 2.14. The van der Waals surface area contributed by atoms with Crippen LogP contribution in [0.4, 0.5) is 4.39 Å². The van der Waals surface area contributed by atoms with E-state index in [0.29, 0.717) is 11.8 Å². The van der Waals surface area contributed by atoms with E-state index in [-0.39, 0.29) is 11.9 Å². The van der Waals surface area contributed by atoms with Crippen LogP contribution in [-0.4, -0.2) is 11.5 Å². The molecule has 1 rings (SSSR count). The van der Waals surface area contributed by atoms with Crippen molar-refractivity contribution in [1.29, 1.82) is 0 Å². The van der Waals surface area contributed by atoms with Crippen molar-refractivity contribution < 1.29 is 4.39 Å². The minimum atomic E-state index is -0.275. The predicted octanol–water partition coefficient (Wildman–Crippen LogP) is 3.16. The summed E-state index contributed by atoms with van der Waals surface area (Å²) in [5.74, 6) is 0.998. The molecule has 0 aliphatic heterocycles. The summed E-state index contributed by atoms with van der Waals surface area (Å²) in [5, 5.41) is 3.40. The van der Waals surface area contributed by atoms with Crippen molar-refractivity contribution in [1.82, 2.24) is 10.3 Å². The molecule has 0 bridgehead atoms. The number of pyridine rings is 1. The van der Waals surface area contributed by atoms with Gasteiger partial charge in [-0.25, -0.2) is 4.39 Å². The zero-order valence-electron chi connectivity index (χ0n) is 10.5. The van der Waals surface area contributed by atoms with E-state index in [4.69, 9.17) is 0 Å². The third-order valence-corrected chi connectivity index (χ3v) is 3.11. The lowest BCUT2D eigenvalue weighted by Crippen LogP contribution is -2.27. The molecule has 3 heteroatoms. The van der Waals surface area contributed by atoms with Crippen molar-refractivity contribution in [3.8, 4) is 0 Å². The maximum absolute atomic E-state index is 13.0. The summed E-state index contributed by atoms with van der Waals surface area (Å²) in [7, 11) is 0. The number of nitrogens with zero attached hydrogens (tertiary/aromatic N) is 1. The lowest BCUT2D eigenvalue weighted by Gasteiger charge is -2.20. The summed E-state index contributed by atoms with van der Waals surface area (Å²) >= 11 is 0. The average molecular weight is 224 g/mol. The van der Waals surface area contributed by atoms with E-state index in [1.807, 2.05) is 6.92 Å². The fourth-order valence-corrected chi connectivity index (χ4v) is 1.38. The molecule has 0 saturated heterocycles. The Kier molecular flexibility index (Phi) is 4.87. The molecule has 2 unspecified atom stereocenters. The summed E-state index contributed by atoms with van der Waals surface area (Å²) in [5.41, 5.74) is 0.899. The molecule has 0 radical (unpaired) electrons. The first-order valence-corrected chi connectivity index (χ1v) is 5.84. The zero-order valence-corrected chi connectivity index (χ0v) is 10.5. The molecule has 0 saturated carbocycles. The van der Waals surface area contributed by atoms with E-state index in [1.165, 1.54) is 12.3 Å². The highest BCUT2D eigenvalue weighted by molar-refractivity contribution is 5.14. The largest absolute Gasteiger partial charge is 0.310 e. The van der Waals surface area contributed by atoms with Crippen molar-refractivity contribution >= 4 is 0 Å². The molecule has 2 atom stereocenters. The van der Waals surface area contributed by atoms with Gasteiger partial charge in [0.1, 0.15) is 5.82 Å². The molecule has 0 amide bonds. The Morgan fingerprint density at radius 3 is 2.50 bits per heavy atom. The minimum absolute atomic E-state index is 0.143. The molecule has 0 fully saturated rings. The van der Waals surface area contributed by atoms with Gasteiger partial charge in [0.05, 0.1) is 6.20 Å². The molecule has 0 aromatic carbocycles. The first-order valence-electron chi connectivity index (χ1n) is 5.84. The zero-order chi connectivity index (χ0) is 12.1. The number of rotatable bonds is 5. The summed E-state index contributed by atoms with van der Waals surface area (Å²) in [6.07, 6.45) is 2.94. The molecular formula is C13H21FN2. The normalized spacial score (nSPS) is 15.1. The summed E-state index contributed by atoms with van der Waals surface area (Å²) in [6, 6.07) is 1.68. The van der Waals surface area contributed by atoms with Gasteiger partial charge in [-0.3, -0.25) is 4.98 Å². The lowest BCUT2D eigenvalue weighted by molar-refractivity contribution is 0.375. The second-order valence-corrected chi connectivity index (χ2v) is 4.79. The van der Waals surface area contributed by atoms with E-state index in [1.54, 1.807) is 6.20 Å². The Labute approximate surface area is 97.3 Å². The fraction of sp³-hybridized carbons (Fsp3) is 0.615. The molecule has 0 aliphatic rings. The maximum atomic E-state index is 13.0. The first-order chi connectivity index (χ1) is 7.50. The van der Waals surface area contributed by atoms with E-state index < -0.39 is 0 Å². The maximum Gasteiger partial charge on any atom is 0.141 e. The van der Waals surface area contributed by atoms with Gasteiger partial charge in [-0.1, -0.05) is 20.8 Å². The molecule has 0 aliphatic carbocycles. The van der Waals surface area contributed by atoms with E-state index in [2.05, 4.69) is 31.1 Å². The summed E-state index contributed by atoms with van der Waals surface area (Å²) in [4.78, 5) is 3.85. The van der Waals surface area contributed by atoms with Crippen molar-refractivity contribution in [2.24, 2.45) is 11.8 Å². The Morgan fingerprint density at radius 1 is 1.25 bits per heavy atom. The lowest BCUT2D eigenvalue weighted by atomic mass is 9.97. The van der Waals surface area contributed by atoms with E-state index >= 15 is 0 Å². The quantitative estimate of drug-likeness (QED) is 0.831. The fourth-order valence-electron chi connectivity index (χ4n) is 1.38. The second kappa shape index (κ2) is 5.94. The van der Waals surface area contributed by atoms with Crippen LogP contribution < -0.4 is 5.32 Å². The van der Waals surface area contributed by atoms with Gasteiger partial charge in [-0.15, -0.1) is 0 Å². The Hall–Kier alpha value is -0.960. The van der Waals surface area contributed by atoms with Crippen LogP contribution in [0, 0.1) is 17.7 Å². The molecule has 16 heavy (non-hydrogen) atoms. The first kappa shape index (κ1) is 13.1. The van der Waals surface area contributed by atoms with Gasteiger partial charge in [0.2, 0.25) is 0 Å². The van der Waals surface area contributed by atoms with Crippen molar-refractivity contribution in [3.05, 3.63) is 29.8 Å². The second-order valence-electron chi connectivity index (χ2n) is 4.79. The Morgan fingerprint density at radius 2 is 1.94 bits per heavy atom. The van der Waals surface area contributed by atoms with Gasteiger partial charge < -0.3 is 5.32 Å². The highest BCUT2D eigenvalue weighted by Gasteiger charge is 2.10. The number of hydrogen-bond donors (Lipinski definition) is 1. The van der Waals surface area contributed by atoms with Crippen LogP contribution in [-0.2, 0) is 0 Å². The highest BCUT2D eigenvalue weighted by atomic mass is 19.1. The van der Waals surface area contributed by atoms with Gasteiger partial charge in [-0.05, 0) is 36.9 Å². The summed E-state index contributed by atoms with van der Waals surface area (Å²) in [6.45, 7) is 9.61. The predicted molar refractivity (Wildman–Crippen MR) is 64.6 cm³/mol. The molecule has 2 nitrogen and oxygen atoms in total. The van der Waals surface area contributed by atoms with Crippen LogP contribution in [0.15, 0.2) is 18.5 Å². The van der Waals surface area contributed by atoms with Crippen LogP contribution in [0.3, 0.4) is 0 Å². The Bertz CT molecular complexity index is 325.